The van der Waals surface area contributed by atoms with Crippen molar-refractivity contribution in [2.45, 2.75) is 18.9 Å². The zero-order valence-electron chi connectivity index (χ0n) is 5.30. The number of rotatable bonds is 0. The number of hydrogen-bond acceptors (Lipinski definition) is 4. The fourth-order valence-electron chi connectivity index (χ4n) is 0.996. The van der Waals surface area contributed by atoms with Crippen LogP contribution in [0.1, 0.15) is 12.8 Å². The Hall–Kier alpha value is -0.610. The summed E-state index contributed by atoms with van der Waals surface area (Å²) in [4.78, 5) is 4.21. The molecule has 2 heterocycles. The van der Waals surface area contributed by atoms with Crippen LogP contribution in [0, 0.1) is 0 Å². The Balaban J connectivity index is 0.000000186. The van der Waals surface area contributed by atoms with Gasteiger partial charge in [-0.3, -0.25) is 16.7 Å². The van der Waals surface area contributed by atoms with E-state index in [0.29, 0.717) is 6.04 Å². The van der Waals surface area contributed by atoms with Crippen molar-refractivity contribution in [3.8, 4) is 0 Å². The molecular weight excluding hydrogens is 116 g/mol. The summed E-state index contributed by atoms with van der Waals surface area (Å²) in [5.41, 5.74) is 0. The van der Waals surface area contributed by atoms with Crippen LogP contribution in [-0.2, 0) is 0 Å². The SMILES string of the molecule is C1CN=C2NC2C1.NN. The van der Waals surface area contributed by atoms with Gasteiger partial charge in [0, 0.05) is 6.54 Å². The van der Waals surface area contributed by atoms with Gasteiger partial charge in [-0.15, -0.1) is 0 Å². The summed E-state index contributed by atoms with van der Waals surface area (Å²) in [5, 5.41) is 3.18. The third-order valence-electron chi connectivity index (χ3n) is 1.50. The Kier molecular flexibility index (Phi) is 2.02. The molecule has 5 N–H and O–H groups in total. The molecule has 0 bridgehead atoms. The highest BCUT2D eigenvalue weighted by Gasteiger charge is 2.31. The van der Waals surface area contributed by atoms with E-state index in [9.17, 15) is 0 Å². The average molecular weight is 128 g/mol. The van der Waals surface area contributed by atoms with Gasteiger partial charge >= 0.3 is 0 Å². The maximum atomic E-state index is 4.21. The Bertz CT molecular complexity index is 120. The average Bonchev–Trinajstić information content (AvgIpc) is 2.69. The van der Waals surface area contributed by atoms with Gasteiger partial charge in [-0.05, 0) is 12.8 Å². The lowest BCUT2D eigenvalue weighted by Gasteiger charge is -1.93. The zero-order valence-corrected chi connectivity index (χ0v) is 5.30. The first-order valence-corrected chi connectivity index (χ1v) is 3.11. The number of nitrogens with zero attached hydrogens (tertiary/aromatic N) is 1. The number of aliphatic imine (C=N–C) groups is 1. The molecule has 1 fully saturated rings. The van der Waals surface area contributed by atoms with Gasteiger partial charge in [-0.25, -0.2) is 0 Å². The summed E-state index contributed by atoms with van der Waals surface area (Å²) in [7, 11) is 0. The Labute approximate surface area is 54.3 Å². The third kappa shape index (κ3) is 1.40. The summed E-state index contributed by atoms with van der Waals surface area (Å²) in [6.45, 7) is 1.05. The molecule has 1 atom stereocenters. The van der Waals surface area contributed by atoms with Crippen LogP contribution in [0.2, 0.25) is 0 Å². The van der Waals surface area contributed by atoms with Crippen LogP contribution >= 0.6 is 0 Å². The first kappa shape index (κ1) is 6.51. The number of amidine groups is 1. The van der Waals surface area contributed by atoms with E-state index in [0.717, 1.165) is 6.54 Å². The quantitative estimate of drug-likeness (QED) is 0.221. The Morgan fingerprint density at radius 1 is 1.56 bits per heavy atom. The third-order valence-corrected chi connectivity index (χ3v) is 1.50. The standard InChI is InChI=1S/C5H8N2.H4N2/c1-2-4-5(7-4)6-3-1;1-2/h4H,1-3H2,(H,6,7);1-2H2. The van der Waals surface area contributed by atoms with Crippen LogP contribution in [0.5, 0.6) is 0 Å². The van der Waals surface area contributed by atoms with E-state index in [1.54, 1.807) is 0 Å². The summed E-state index contributed by atoms with van der Waals surface area (Å²) in [6.07, 6.45) is 2.60. The van der Waals surface area contributed by atoms with E-state index in [2.05, 4.69) is 22.0 Å². The first-order chi connectivity index (χ1) is 4.47. The van der Waals surface area contributed by atoms with Crippen LogP contribution in [0.25, 0.3) is 0 Å². The van der Waals surface area contributed by atoms with Gasteiger partial charge in [0.15, 0.2) is 0 Å². The lowest BCUT2D eigenvalue weighted by atomic mass is 10.2. The summed E-state index contributed by atoms with van der Waals surface area (Å²) in [5.74, 6) is 9.26. The van der Waals surface area contributed by atoms with Crippen molar-refractivity contribution < 1.29 is 0 Å². The molecule has 9 heavy (non-hydrogen) atoms. The normalized spacial score (nSPS) is 28.2. The number of nitrogens with two attached hydrogens (primary N) is 2. The van der Waals surface area contributed by atoms with Crippen LogP contribution < -0.4 is 17.0 Å². The lowest BCUT2D eigenvalue weighted by molar-refractivity contribution is 0.729. The molecule has 0 amide bonds. The van der Waals surface area contributed by atoms with Crippen molar-refractivity contribution in [3.63, 3.8) is 0 Å². The molecule has 2 aliphatic heterocycles. The molecule has 4 nitrogen and oxygen atoms in total. The van der Waals surface area contributed by atoms with Crippen molar-refractivity contribution >= 4 is 5.84 Å². The van der Waals surface area contributed by atoms with E-state index in [1.807, 2.05) is 0 Å². The first-order valence-electron chi connectivity index (χ1n) is 3.11. The van der Waals surface area contributed by atoms with Gasteiger partial charge < -0.3 is 5.32 Å². The molecule has 0 radical (unpaired) electrons. The molecule has 1 unspecified atom stereocenters. The van der Waals surface area contributed by atoms with Gasteiger partial charge in [0.2, 0.25) is 0 Å². The number of nitrogens with one attached hydrogen (secondary N) is 1. The monoisotopic (exact) mass is 128 g/mol. The minimum absolute atomic E-state index is 0.703. The topological polar surface area (TPSA) is 86.3 Å². The second kappa shape index (κ2) is 2.80. The highest BCUT2D eigenvalue weighted by atomic mass is 15.2. The second-order valence-electron chi connectivity index (χ2n) is 2.11. The van der Waals surface area contributed by atoms with Crippen molar-refractivity contribution in [1.82, 2.24) is 5.32 Å². The molecule has 0 aromatic rings. The molecule has 0 saturated carbocycles. The maximum absolute atomic E-state index is 4.21. The zero-order chi connectivity index (χ0) is 6.69. The predicted molar refractivity (Wildman–Crippen MR) is 36.8 cm³/mol. The minimum atomic E-state index is 0.703. The van der Waals surface area contributed by atoms with Crippen LogP contribution in [0.15, 0.2) is 4.99 Å². The van der Waals surface area contributed by atoms with Gasteiger partial charge in [0.25, 0.3) is 0 Å². The van der Waals surface area contributed by atoms with Gasteiger partial charge in [0.05, 0.1) is 6.04 Å². The van der Waals surface area contributed by atoms with E-state index < -0.39 is 0 Å². The van der Waals surface area contributed by atoms with Gasteiger partial charge in [-0.2, -0.15) is 0 Å². The largest absolute Gasteiger partial charge is 0.362 e. The lowest BCUT2D eigenvalue weighted by Crippen LogP contribution is -2.02. The van der Waals surface area contributed by atoms with Crippen molar-refractivity contribution in [1.29, 1.82) is 0 Å². The molecular formula is C5H12N4. The summed E-state index contributed by atoms with van der Waals surface area (Å²) in [6, 6.07) is 0.703. The molecule has 0 aromatic heterocycles. The number of hydrogen-bond donors (Lipinski definition) is 3. The van der Waals surface area contributed by atoms with E-state index in [1.165, 1.54) is 18.7 Å². The number of hydrazine groups is 1. The van der Waals surface area contributed by atoms with E-state index >= 15 is 0 Å². The molecule has 0 aliphatic carbocycles. The fourth-order valence-corrected chi connectivity index (χ4v) is 0.996. The molecule has 0 spiro atoms. The van der Waals surface area contributed by atoms with E-state index in [-0.39, 0.29) is 0 Å². The highest BCUT2D eigenvalue weighted by molar-refractivity contribution is 6.01. The van der Waals surface area contributed by atoms with Crippen LogP contribution in [0.4, 0.5) is 0 Å². The molecule has 1 saturated heterocycles. The van der Waals surface area contributed by atoms with Gasteiger partial charge in [-0.1, -0.05) is 0 Å². The summed E-state index contributed by atoms with van der Waals surface area (Å²) >= 11 is 0. The summed E-state index contributed by atoms with van der Waals surface area (Å²) < 4.78 is 0. The maximum Gasteiger partial charge on any atom is 0.120 e. The smallest absolute Gasteiger partial charge is 0.120 e. The second-order valence-corrected chi connectivity index (χ2v) is 2.11. The highest BCUT2D eigenvalue weighted by Crippen LogP contribution is 2.15. The molecule has 2 rings (SSSR count). The van der Waals surface area contributed by atoms with Crippen LogP contribution in [-0.4, -0.2) is 18.4 Å². The fraction of sp³-hybridized carbons (Fsp3) is 0.800. The van der Waals surface area contributed by atoms with Crippen LogP contribution in [0.3, 0.4) is 0 Å². The molecule has 0 aromatic carbocycles. The number of fused-ring (bicyclic) bond motifs is 1. The Morgan fingerprint density at radius 3 is 2.78 bits per heavy atom. The Morgan fingerprint density at radius 2 is 2.33 bits per heavy atom. The molecule has 52 valence electrons. The van der Waals surface area contributed by atoms with E-state index in [4.69, 9.17) is 0 Å². The molecule has 2 aliphatic rings. The van der Waals surface area contributed by atoms with Crippen molar-refractivity contribution in [2.24, 2.45) is 16.7 Å². The van der Waals surface area contributed by atoms with Crippen molar-refractivity contribution in [3.05, 3.63) is 0 Å². The van der Waals surface area contributed by atoms with Gasteiger partial charge in [0.1, 0.15) is 5.84 Å². The minimum Gasteiger partial charge on any atom is -0.362 e. The molecule has 4 heteroatoms. The van der Waals surface area contributed by atoms with Crippen molar-refractivity contribution in [2.75, 3.05) is 6.54 Å². The predicted octanol–water partition coefficient (Wildman–Crippen LogP) is -1.03.